The van der Waals surface area contributed by atoms with Gasteiger partial charge in [0.05, 0.1) is 11.1 Å². The van der Waals surface area contributed by atoms with Crippen LogP contribution in [0, 0.1) is 5.92 Å². The zero-order valence-electron chi connectivity index (χ0n) is 11.1. The minimum absolute atomic E-state index is 0.271. The van der Waals surface area contributed by atoms with Crippen molar-refractivity contribution in [1.82, 2.24) is 4.90 Å². The van der Waals surface area contributed by atoms with Crippen molar-refractivity contribution in [2.24, 2.45) is 11.7 Å². The van der Waals surface area contributed by atoms with Gasteiger partial charge in [-0.1, -0.05) is 26.0 Å². The molecule has 0 fully saturated rings. The van der Waals surface area contributed by atoms with Crippen LogP contribution >= 0.6 is 0 Å². The fourth-order valence-electron chi connectivity index (χ4n) is 2.26. The monoisotopic (exact) mass is 260 g/mol. The Hall–Kier alpha value is -2.17. The zero-order valence-corrected chi connectivity index (χ0v) is 11.1. The highest BCUT2D eigenvalue weighted by molar-refractivity contribution is 6.23. The van der Waals surface area contributed by atoms with Gasteiger partial charge in [0, 0.05) is 0 Å². The molecule has 0 radical (unpaired) electrons. The predicted molar refractivity (Wildman–Crippen MR) is 69.4 cm³/mol. The number of carbonyl (C=O) groups excluding carboxylic acids is 3. The lowest BCUT2D eigenvalue weighted by Crippen LogP contribution is -2.60. The van der Waals surface area contributed by atoms with E-state index in [2.05, 4.69) is 0 Å². The summed E-state index contributed by atoms with van der Waals surface area (Å²) in [5.74, 6) is -1.88. The molecule has 0 saturated heterocycles. The van der Waals surface area contributed by atoms with E-state index in [4.69, 9.17) is 5.73 Å². The van der Waals surface area contributed by atoms with Gasteiger partial charge in [-0.2, -0.15) is 0 Å². The molecule has 2 rings (SSSR count). The first kappa shape index (κ1) is 13.3. The Kier molecular flexibility index (Phi) is 2.92. The van der Waals surface area contributed by atoms with Crippen molar-refractivity contribution >= 4 is 17.7 Å². The Bertz CT molecular complexity index is 545. The van der Waals surface area contributed by atoms with Crippen LogP contribution in [-0.2, 0) is 4.79 Å². The molecule has 3 amide bonds. The van der Waals surface area contributed by atoms with Crippen LogP contribution in [0.25, 0.3) is 0 Å². The topological polar surface area (TPSA) is 80.5 Å². The number of carbonyl (C=O) groups is 3. The molecule has 1 aromatic carbocycles. The van der Waals surface area contributed by atoms with Crippen LogP contribution < -0.4 is 5.73 Å². The second-order valence-corrected chi connectivity index (χ2v) is 5.16. The summed E-state index contributed by atoms with van der Waals surface area (Å²) < 4.78 is 0. The summed E-state index contributed by atoms with van der Waals surface area (Å²) in [6.45, 7) is 5.05. The Balaban J connectivity index is 2.58. The first-order valence-corrected chi connectivity index (χ1v) is 6.09. The number of benzene rings is 1. The lowest BCUT2D eigenvalue weighted by atomic mass is 9.85. The van der Waals surface area contributed by atoms with Crippen molar-refractivity contribution in [3.8, 4) is 0 Å². The largest absolute Gasteiger partial charge is 0.368 e. The van der Waals surface area contributed by atoms with Gasteiger partial charge in [-0.15, -0.1) is 0 Å². The van der Waals surface area contributed by atoms with Gasteiger partial charge in [0.1, 0.15) is 5.54 Å². The SMILES string of the molecule is CC(C)C(C)(C(N)=O)N1C(=O)c2ccccc2C1=O. The van der Waals surface area contributed by atoms with Gasteiger partial charge >= 0.3 is 0 Å². The first-order valence-electron chi connectivity index (χ1n) is 6.09. The number of primary amides is 1. The van der Waals surface area contributed by atoms with E-state index in [0.717, 1.165) is 4.90 Å². The summed E-state index contributed by atoms with van der Waals surface area (Å²) in [5.41, 5.74) is 4.74. The quantitative estimate of drug-likeness (QED) is 0.829. The van der Waals surface area contributed by atoms with Gasteiger partial charge in [-0.25, -0.2) is 0 Å². The average Bonchev–Trinajstić information content (AvgIpc) is 2.61. The van der Waals surface area contributed by atoms with E-state index in [-0.39, 0.29) is 5.92 Å². The van der Waals surface area contributed by atoms with E-state index in [9.17, 15) is 14.4 Å². The second kappa shape index (κ2) is 4.19. The van der Waals surface area contributed by atoms with Gasteiger partial charge in [0.15, 0.2) is 0 Å². The van der Waals surface area contributed by atoms with Crippen LogP contribution in [0.2, 0.25) is 0 Å². The normalized spacial score (nSPS) is 17.6. The molecule has 0 bridgehead atoms. The Morgan fingerprint density at radius 1 is 1.16 bits per heavy atom. The molecular weight excluding hydrogens is 244 g/mol. The van der Waals surface area contributed by atoms with E-state index in [1.807, 2.05) is 0 Å². The second-order valence-electron chi connectivity index (χ2n) is 5.16. The minimum atomic E-state index is -1.33. The maximum absolute atomic E-state index is 12.4. The van der Waals surface area contributed by atoms with E-state index in [1.54, 1.807) is 38.1 Å². The van der Waals surface area contributed by atoms with Crippen molar-refractivity contribution in [3.05, 3.63) is 35.4 Å². The molecule has 0 saturated carbocycles. The van der Waals surface area contributed by atoms with E-state index < -0.39 is 23.3 Å². The maximum atomic E-state index is 12.4. The van der Waals surface area contributed by atoms with Crippen molar-refractivity contribution < 1.29 is 14.4 Å². The van der Waals surface area contributed by atoms with E-state index in [1.165, 1.54) is 6.92 Å². The molecule has 1 unspecified atom stereocenters. The molecule has 0 aliphatic carbocycles. The van der Waals surface area contributed by atoms with E-state index >= 15 is 0 Å². The van der Waals surface area contributed by atoms with Gasteiger partial charge in [0.25, 0.3) is 11.8 Å². The molecule has 5 heteroatoms. The molecule has 1 heterocycles. The number of nitrogens with two attached hydrogens (primary N) is 1. The fourth-order valence-corrected chi connectivity index (χ4v) is 2.26. The van der Waals surface area contributed by atoms with Crippen LogP contribution in [-0.4, -0.2) is 28.2 Å². The third-order valence-corrected chi connectivity index (χ3v) is 3.88. The van der Waals surface area contributed by atoms with Crippen molar-refractivity contribution in [1.29, 1.82) is 0 Å². The summed E-state index contributed by atoms with van der Waals surface area (Å²) in [7, 11) is 0. The number of nitrogens with zero attached hydrogens (tertiary/aromatic N) is 1. The van der Waals surface area contributed by atoms with Crippen LogP contribution in [0.4, 0.5) is 0 Å². The van der Waals surface area contributed by atoms with Crippen molar-refractivity contribution in [2.75, 3.05) is 0 Å². The lowest BCUT2D eigenvalue weighted by molar-refractivity contribution is -0.129. The molecule has 1 aromatic rings. The number of hydrogen-bond acceptors (Lipinski definition) is 3. The fraction of sp³-hybridized carbons (Fsp3) is 0.357. The van der Waals surface area contributed by atoms with Gasteiger partial charge in [0.2, 0.25) is 5.91 Å². The highest BCUT2D eigenvalue weighted by Gasteiger charge is 2.51. The van der Waals surface area contributed by atoms with E-state index in [0.29, 0.717) is 11.1 Å². The standard InChI is InChI=1S/C14H16N2O3/c1-8(2)14(3,13(15)19)16-11(17)9-6-4-5-7-10(9)12(16)18/h4-8H,1-3H3,(H2,15,19). The van der Waals surface area contributed by atoms with Crippen molar-refractivity contribution in [3.63, 3.8) is 0 Å². The maximum Gasteiger partial charge on any atom is 0.262 e. The number of hydrogen-bond donors (Lipinski definition) is 1. The summed E-state index contributed by atoms with van der Waals surface area (Å²) in [6.07, 6.45) is 0. The van der Waals surface area contributed by atoms with Crippen LogP contribution in [0.5, 0.6) is 0 Å². The highest BCUT2D eigenvalue weighted by atomic mass is 16.2. The molecule has 19 heavy (non-hydrogen) atoms. The van der Waals surface area contributed by atoms with Crippen LogP contribution in [0.3, 0.4) is 0 Å². The molecule has 1 aliphatic rings. The third-order valence-electron chi connectivity index (χ3n) is 3.88. The summed E-state index contributed by atoms with van der Waals surface area (Å²) >= 11 is 0. The lowest BCUT2D eigenvalue weighted by Gasteiger charge is -2.37. The Labute approximate surface area is 111 Å². The molecule has 0 spiro atoms. The molecule has 1 atom stereocenters. The number of amides is 3. The van der Waals surface area contributed by atoms with Gasteiger partial charge in [-0.05, 0) is 25.0 Å². The number of rotatable bonds is 3. The molecule has 0 aromatic heterocycles. The van der Waals surface area contributed by atoms with Gasteiger partial charge < -0.3 is 5.73 Å². The minimum Gasteiger partial charge on any atom is -0.368 e. The summed E-state index contributed by atoms with van der Waals surface area (Å²) in [6, 6.07) is 6.53. The molecule has 5 nitrogen and oxygen atoms in total. The average molecular weight is 260 g/mol. The summed E-state index contributed by atoms with van der Waals surface area (Å²) in [5, 5.41) is 0. The van der Waals surface area contributed by atoms with Gasteiger partial charge in [-0.3, -0.25) is 19.3 Å². The number of imide groups is 1. The molecule has 2 N–H and O–H groups in total. The van der Waals surface area contributed by atoms with Crippen molar-refractivity contribution in [2.45, 2.75) is 26.3 Å². The number of fused-ring (bicyclic) bond motifs is 1. The highest BCUT2D eigenvalue weighted by Crippen LogP contribution is 2.33. The zero-order chi connectivity index (χ0) is 14.4. The van der Waals surface area contributed by atoms with Crippen LogP contribution in [0.15, 0.2) is 24.3 Å². The molecule has 100 valence electrons. The Morgan fingerprint density at radius 3 is 1.89 bits per heavy atom. The third kappa shape index (κ3) is 1.65. The molecule has 1 aliphatic heterocycles. The predicted octanol–water partition coefficient (Wildman–Crippen LogP) is 1.18. The molecular formula is C14H16N2O3. The summed E-state index contributed by atoms with van der Waals surface area (Å²) in [4.78, 5) is 37.5. The van der Waals surface area contributed by atoms with Crippen LogP contribution in [0.1, 0.15) is 41.5 Å². The first-order chi connectivity index (χ1) is 8.81. The smallest absolute Gasteiger partial charge is 0.262 e. The Morgan fingerprint density at radius 2 is 1.58 bits per heavy atom.